The Bertz CT molecular complexity index is 182. The Balaban J connectivity index is 3.92. The van der Waals surface area contributed by atoms with E-state index < -0.39 is 0 Å². The molecule has 10 heavy (non-hydrogen) atoms. The molecule has 0 aromatic carbocycles. The van der Waals surface area contributed by atoms with Crippen LogP contribution in [0.2, 0.25) is 0 Å². The average Bonchev–Trinajstić information content (AvgIpc) is 1.82. The number of amides is 1. The lowest BCUT2D eigenvalue weighted by atomic mass is 10.3. The van der Waals surface area contributed by atoms with E-state index in [2.05, 4.69) is 11.9 Å². The summed E-state index contributed by atoms with van der Waals surface area (Å²) >= 11 is 0. The van der Waals surface area contributed by atoms with Gasteiger partial charge in [0.05, 0.1) is 0 Å². The second-order valence-corrected chi connectivity index (χ2v) is 2.05. The van der Waals surface area contributed by atoms with E-state index >= 15 is 0 Å². The van der Waals surface area contributed by atoms with E-state index in [1.165, 1.54) is 13.1 Å². The lowest BCUT2D eigenvalue weighted by molar-refractivity contribution is -0.118. The third kappa shape index (κ3) is 3.72. The minimum atomic E-state index is -0.111. The van der Waals surface area contributed by atoms with Crippen LogP contribution in [0, 0.1) is 0 Å². The van der Waals surface area contributed by atoms with E-state index in [1.807, 2.05) is 0 Å². The van der Waals surface area contributed by atoms with Gasteiger partial charge in [0.25, 0.3) is 0 Å². The Morgan fingerprint density at radius 3 is 2.40 bits per heavy atom. The van der Waals surface area contributed by atoms with Crippen LogP contribution in [-0.4, -0.2) is 5.91 Å². The van der Waals surface area contributed by atoms with Crippen molar-refractivity contribution in [2.45, 2.75) is 13.8 Å². The van der Waals surface area contributed by atoms with Crippen LogP contribution >= 0.6 is 0 Å². The van der Waals surface area contributed by atoms with Gasteiger partial charge in [0.15, 0.2) is 0 Å². The Hall–Kier alpha value is -1.25. The molecule has 0 rings (SSSR count). The number of nitrogens with one attached hydrogen (secondary N) is 1. The zero-order chi connectivity index (χ0) is 8.15. The number of hydrogen-bond acceptors (Lipinski definition) is 2. The third-order valence-electron chi connectivity index (χ3n) is 0.998. The fourth-order valence-electron chi connectivity index (χ4n) is 0.303. The topological polar surface area (TPSA) is 55.1 Å². The number of hydrogen-bond donors (Lipinski definition) is 2. The average molecular weight is 140 g/mol. The van der Waals surface area contributed by atoms with Crippen LogP contribution in [0.25, 0.3) is 0 Å². The van der Waals surface area contributed by atoms with Crippen LogP contribution in [0.4, 0.5) is 0 Å². The lowest BCUT2D eigenvalue weighted by Gasteiger charge is -1.98. The van der Waals surface area contributed by atoms with Crippen LogP contribution in [0.1, 0.15) is 13.8 Å². The van der Waals surface area contributed by atoms with Crippen molar-refractivity contribution >= 4 is 5.91 Å². The largest absolute Gasteiger partial charge is 0.399 e. The summed E-state index contributed by atoms with van der Waals surface area (Å²) in [5.74, 6) is -0.111. The highest BCUT2D eigenvalue weighted by atomic mass is 16.1. The highest BCUT2D eigenvalue weighted by Gasteiger charge is 1.89. The van der Waals surface area contributed by atoms with E-state index in [0.717, 1.165) is 5.57 Å². The molecule has 0 saturated heterocycles. The van der Waals surface area contributed by atoms with Gasteiger partial charge in [-0.1, -0.05) is 6.58 Å². The SMILES string of the molecule is C=C(N)/C(C)=C\NC(C)=O. The first kappa shape index (κ1) is 8.75. The van der Waals surface area contributed by atoms with Crippen molar-refractivity contribution in [3.05, 3.63) is 24.0 Å². The Kier molecular flexibility index (Phi) is 3.25. The maximum absolute atomic E-state index is 10.3. The molecular weight excluding hydrogens is 128 g/mol. The fourth-order valence-corrected chi connectivity index (χ4v) is 0.303. The molecule has 0 fully saturated rings. The van der Waals surface area contributed by atoms with Gasteiger partial charge in [-0.2, -0.15) is 0 Å². The van der Waals surface area contributed by atoms with Crippen molar-refractivity contribution in [1.82, 2.24) is 5.32 Å². The predicted molar refractivity (Wildman–Crippen MR) is 40.9 cm³/mol. The molecule has 0 radical (unpaired) electrons. The summed E-state index contributed by atoms with van der Waals surface area (Å²) < 4.78 is 0. The molecule has 0 aromatic heterocycles. The molecule has 56 valence electrons. The van der Waals surface area contributed by atoms with Crippen LogP contribution in [-0.2, 0) is 4.79 Å². The summed E-state index contributed by atoms with van der Waals surface area (Å²) in [4.78, 5) is 10.3. The zero-order valence-electron chi connectivity index (χ0n) is 6.27. The predicted octanol–water partition coefficient (Wildman–Crippen LogP) is 0.499. The number of carbonyl (C=O) groups is 1. The Morgan fingerprint density at radius 1 is 1.60 bits per heavy atom. The monoisotopic (exact) mass is 140 g/mol. The van der Waals surface area contributed by atoms with Crippen LogP contribution in [0.15, 0.2) is 24.0 Å². The van der Waals surface area contributed by atoms with Crippen molar-refractivity contribution in [2.75, 3.05) is 0 Å². The Labute approximate surface area is 60.6 Å². The summed E-state index contributed by atoms with van der Waals surface area (Å²) in [6.45, 7) is 6.70. The van der Waals surface area contributed by atoms with Crippen molar-refractivity contribution in [3.63, 3.8) is 0 Å². The smallest absolute Gasteiger partial charge is 0.220 e. The normalized spacial score (nSPS) is 10.8. The van der Waals surface area contributed by atoms with Crippen LogP contribution in [0.3, 0.4) is 0 Å². The van der Waals surface area contributed by atoms with E-state index in [4.69, 9.17) is 5.73 Å². The zero-order valence-corrected chi connectivity index (χ0v) is 6.27. The molecule has 3 N–H and O–H groups in total. The van der Waals surface area contributed by atoms with Gasteiger partial charge < -0.3 is 11.1 Å². The van der Waals surface area contributed by atoms with Gasteiger partial charge in [-0.15, -0.1) is 0 Å². The Morgan fingerprint density at radius 2 is 2.10 bits per heavy atom. The number of rotatable bonds is 2. The fraction of sp³-hybridized carbons (Fsp3) is 0.286. The van der Waals surface area contributed by atoms with Crippen molar-refractivity contribution in [2.24, 2.45) is 5.73 Å². The highest BCUT2D eigenvalue weighted by Crippen LogP contribution is 1.95. The molecule has 0 unspecified atom stereocenters. The summed E-state index contributed by atoms with van der Waals surface area (Å²) in [5, 5.41) is 2.48. The second kappa shape index (κ2) is 3.71. The molecule has 0 bridgehead atoms. The maximum Gasteiger partial charge on any atom is 0.220 e. The van der Waals surface area contributed by atoms with E-state index in [9.17, 15) is 4.79 Å². The van der Waals surface area contributed by atoms with Gasteiger partial charge in [-0.05, 0) is 12.5 Å². The summed E-state index contributed by atoms with van der Waals surface area (Å²) in [6, 6.07) is 0. The minimum Gasteiger partial charge on any atom is -0.399 e. The molecule has 0 aliphatic rings. The third-order valence-corrected chi connectivity index (χ3v) is 0.998. The molecular formula is C7H12N2O. The molecule has 0 aromatic rings. The summed E-state index contributed by atoms with van der Waals surface area (Å²) in [6.07, 6.45) is 1.53. The van der Waals surface area contributed by atoms with Gasteiger partial charge >= 0.3 is 0 Å². The van der Waals surface area contributed by atoms with Crippen LogP contribution < -0.4 is 11.1 Å². The maximum atomic E-state index is 10.3. The molecule has 0 aliphatic carbocycles. The van der Waals surface area contributed by atoms with E-state index in [-0.39, 0.29) is 5.91 Å². The lowest BCUT2D eigenvalue weighted by Crippen LogP contribution is -2.13. The molecule has 0 atom stereocenters. The van der Waals surface area contributed by atoms with Crippen molar-refractivity contribution < 1.29 is 4.79 Å². The quantitative estimate of drug-likeness (QED) is 0.549. The van der Waals surface area contributed by atoms with Crippen LogP contribution in [0.5, 0.6) is 0 Å². The molecule has 0 heterocycles. The number of nitrogens with two attached hydrogens (primary N) is 1. The molecule has 3 nitrogen and oxygen atoms in total. The van der Waals surface area contributed by atoms with Gasteiger partial charge in [0, 0.05) is 18.8 Å². The number of allylic oxidation sites excluding steroid dienone is 1. The van der Waals surface area contributed by atoms with Gasteiger partial charge in [0.1, 0.15) is 0 Å². The number of carbonyl (C=O) groups excluding carboxylic acids is 1. The molecule has 0 aliphatic heterocycles. The molecule has 0 saturated carbocycles. The minimum absolute atomic E-state index is 0.111. The van der Waals surface area contributed by atoms with Crippen molar-refractivity contribution in [1.29, 1.82) is 0 Å². The first-order valence-electron chi connectivity index (χ1n) is 2.92. The van der Waals surface area contributed by atoms with Gasteiger partial charge in [0.2, 0.25) is 5.91 Å². The van der Waals surface area contributed by atoms with E-state index in [0.29, 0.717) is 5.70 Å². The molecule has 0 spiro atoms. The first-order chi connectivity index (χ1) is 4.54. The molecule has 3 heteroatoms. The first-order valence-corrected chi connectivity index (χ1v) is 2.92. The second-order valence-electron chi connectivity index (χ2n) is 2.05. The van der Waals surface area contributed by atoms with E-state index in [1.54, 1.807) is 6.92 Å². The van der Waals surface area contributed by atoms with Gasteiger partial charge in [-0.25, -0.2) is 0 Å². The standard InChI is InChI=1S/C7H12N2O/c1-5(6(2)8)4-9-7(3)10/h4H,2,8H2,1,3H3,(H,9,10)/b5-4-. The highest BCUT2D eigenvalue weighted by molar-refractivity contribution is 5.74. The molecule has 1 amide bonds. The summed E-state index contributed by atoms with van der Waals surface area (Å²) in [5.41, 5.74) is 6.55. The summed E-state index contributed by atoms with van der Waals surface area (Å²) in [7, 11) is 0. The van der Waals surface area contributed by atoms with Crippen molar-refractivity contribution in [3.8, 4) is 0 Å². The van der Waals surface area contributed by atoms with Gasteiger partial charge in [-0.3, -0.25) is 4.79 Å².